The fourth-order valence-corrected chi connectivity index (χ4v) is 6.83. The molecule has 0 aliphatic carbocycles. The topological polar surface area (TPSA) is 27.7 Å². The standard InChI is InChI=1S/C16H12Br6O3/c1-7(24-15-11(19)3-9(17)4-12(15)20)23-8(2)25-16-13(21)5-10(18)6-14(16)22/h3-8H,1-2H3. The third-order valence-corrected chi connectivity index (χ3v) is 6.15. The Kier molecular flexibility index (Phi) is 8.77. The largest absolute Gasteiger partial charge is 0.463 e. The van der Waals surface area contributed by atoms with Crippen LogP contribution in [0.15, 0.2) is 51.1 Å². The maximum absolute atomic E-state index is 5.87. The van der Waals surface area contributed by atoms with Gasteiger partial charge in [-0.25, -0.2) is 0 Å². The third kappa shape index (κ3) is 6.47. The quantitative estimate of drug-likeness (QED) is 0.280. The molecule has 0 saturated carbocycles. The van der Waals surface area contributed by atoms with Crippen LogP contribution < -0.4 is 9.47 Å². The summed E-state index contributed by atoms with van der Waals surface area (Å²) in [5.41, 5.74) is 0. The maximum Gasteiger partial charge on any atom is 0.200 e. The summed E-state index contributed by atoms with van der Waals surface area (Å²) >= 11 is 20.8. The maximum atomic E-state index is 5.87. The number of ether oxygens (including phenoxy) is 3. The second-order valence-electron chi connectivity index (χ2n) is 4.90. The first-order valence-electron chi connectivity index (χ1n) is 6.95. The average Bonchev–Trinajstić information content (AvgIpc) is 2.46. The van der Waals surface area contributed by atoms with Crippen LogP contribution >= 0.6 is 95.6 Å². The first kappa shape index (κ1) is 22.2. The van der Waals surface area contributed by atoms with Crippen molar-refractivity contribution in [3.8, 4) is 11.5 Å². The zero-order valence-corrected chi connectivity index (χ0v) is 22.5. The molecule has 136 valence electrons. The van der Waals surface area contributed by atoms with Gasteiger partial charge in [-0.1, -0.05) is 31.9 Å². The zero-order chi connectivity index (χ0) is 18.7. The molecule has 0 bridgehead atoms. The molecule has 0 amide bonds. The predicted octanol–water partition coefficient (Wildman–Crippen LogP) is 8.43. The summed E-state index contributed by atoms with van der Waals surface area (Å²) in [6, 6.07) is 7.62. The molecule has 2 unspecified atom stereocenters. The van der Waals surface area contributed by atoms with Gasteiger partial charge in [0.15, 0.2) is 11.5 Å². The van der Waals surface area contributed by atoms with E-state index in [0.29, 0.717) is 11.5 Å². The van der Waals surface area contributed by atoms with E-state index in [-0.39, 0.29) is 0 Å². The van der Waals surface area contributed by atoms with E-state index in [4.69, 9.17) is 14.2 Å². The van der Waals surface area contributed by atoms with Crippen LogP contribution in [0.25, 0.3) is 0 Å². The number of benzene rings is 2. The summed E-state index contributed by atoms with van der Waals surface area (Å²) in [6.45, 7) is 3.62. The van der Waals surface area contributed by atoms with Crippen LogP contribution in [-0.2, 0) is 4.74 Å². The van der Waals surface area contributed by atoms with Gasteiger partial charge in [-0.15, -0.1) is 0 Å². The van der Waals surface area contributed by atoms with Crippen LogP contribution in [0.3, 0.4) is 0 Å². The Labute approximate surface area is 196 Å². The Morgan fingerprint density at radius 3 is 1.16 bits per heavy atom. The fourth-order valence-electron chi connectivity index (χ4n) is 1.94. The van der Waals surface area contributed by atoms with E-state index < -0.39 is 12.6 Å². The van der Waals surface area contributed by atoms with Crippen LogP contribution in [0.4, 0.5) is 0 Å². The molecule has 3 nitrogen and oxygen atoms in total. The summed E-state index contributed by atoms with van der Waals surface area (Å²) in [5, 5.41) is 0. The number of rotatable bonds is 6. The lowest BCUT2D eigenvalue weighted by Crippen LogP contribution is -2.26. The lowest BCUT2D eigenvalue weighted by Gasteiger charge is -2.23. The first-order chi connectivity index (χ1) is 11.7. The van der Waals surface area contributed by atoms with E-state index in [9.17, 15) is 0 Å². The highest BCUT2D eigenvalue weighted by Gasteiger charge is 2.18. The zero-order valence-electron chi connectivity index (χ0n) is 13.0. The van der Waals surface area contributed by atoms with Gasteiger partial charge in [-0.3, -0.25) is 0 Å². The van der Waals surface area contributed by atoms with Gasteiger partial charge >= 0.3 is 0 Å². The van der Waals surface area contributed by atoms with Crippen molar-refractivity contribution in [1.29, 1.82) is 0 Å². The molecular weight excluding hydrogens is 720 g/mol. The molecule has 2 atom stereocenters. The normalized spacial score (nSPS) is 13.4. The molecule has 0 spiro atoms. The van der Waals surface area contributed by atoms with E-state index in [0.717, 1.165) is 26.8 Å². The van der Waals surface area contributed by atoms with Gasteiger partial charge in [-0.05, 0) is 102 Å². The second kappa shape index (κ2) is 9.89. The molecule has 0 saturated heterocycles. The third-order valence-electron chi connectivity index (χ3n) is 2.88. The highest BCUT2D eigenvalue weighted by atomic mass is 79.9. The lowest BCUT2D eigenvalue weighted by molar-refractivity contribution is -0.168. The van der Waals surface area contributed by atoms with Crippen LogP contribution in [0, 0.1) is 0 Å². The predicted molar refractivity (Wildman–Crippen MR) is 120 cm³/mol. The Morgan fingerprint density at radius 2 is 0.880 bits per heavy atom. The number of hydrogen-bond donors (Lipinski definition) is 0. The van der Waals surface area contributed by atoms with Crippen molar-refractivity contribution >= 4 is 95.6 Å². The first-order valence-corrected chi connectivity index (χ1v) is 11.7. The van der Waals surface area contributed by atoms with Gasteiger partial charge in [0.1, 0.15) is 0 Å². The highest BCUT2D eigenvalue weighted by Crippen LogP contribution is 2.38. The van der Waals surface area contributed by atoms with E-state index in [1.807, 2.05) is 38.1 Å². The average molecular weight is 732 g/mol. The van der Waals surface area contributed by atoms with E-state index in [2.05, 4.69) is 95.6 Å². The van der Waals surface area contributed by atoms with Gasteiger partial charge in [0.2, 0.25) is 12.6 Å². The van der Waals surface area contributed by atoms with E-state index >= 15 is 0 Å². The molecule has 0 aliphatic heterocycles. The minimum Gasteiger partial charge on any atom is -0.463 e. The van der Waals surface area contributed by atoms with Gasteiger partial charge in [-0.2, -0.15) is 0 Å². The second-order valence-corrected chi connectivity index (χ2v) is 10.2. The van der Waals surface area contributed by atoms with E-state index in [1.54, 1.807) is 0 Å². The molecule has 2 rings (SSSR count). The lowest BCUT2D eigenvalue weighted by atomic mass is 10.3. The van der Waals surface area contributed by atoms with Gasteiger partial charge in [0, 0.05) is 8.95 Å². The number of halogens is 6. The van der Waals surface area contributed by atoms with Crippen LogP contribution in [0.2, 0.25) is 0 Å². The van der Waals surface area contributed by atoms with Crippen molar-refractivity contribution in [1.82, 2.24) is 0 Å². The van der Waals surface area contributed by atoms with E-state index in [1.165, 1.54) is 0 Å². The Morgan fingerprint density at radius 1 is 0.600 bits per heavy atom. The molecule has 2 aromatic rings. The van der Waals surface area contributed by atoms with Crippen molar-refractivity contribution in [2.75, 3.05) is 0 Å². The smallest absolute Gasteiger partial charge is 0.200 e. The van der Waals surface area contributed by atoms with Crippen molar-refractivity contribution in [2.24, 2.45) is 0 Å². The van der Waals surface area contributed by atoms with Gasteiger partial charge in [0.25, 0.3) is 0 Å². The SMILES string of the molecule is CC(Oc1c(Br)cc(Br)cc1Br)OC(C)Oc1c(Br)cc(Br)cc1Br. The fraction of sp³-hybridized carbons (Fsp3) is 0.250. The summed E-state index contributed by atoms with van der Waals surface area (Å²) in [6.07, 6.45) is -1.03. The summed E-state index contributed by atoms with van der Waals surface area (Å²) in [5.74, 6) is 1.32. The monoisotopic (exact) mass is 726 g/mol. The summed E-state index contributed by atoms with van der Waals surface area (Å²) < 4.78 is 22.7. The Hall–Kier alpha value is 0.880. The number of hydrogen-bond acceptors (Lipinski definition) is 3. The highest BCUT2D eigenvalue weighted by molar-refractivity contribution is 9.12. The molecule has 0 aliphatic rings. The van der Waals surface area contributed by atoms with Crippen molar-refractivity contribution in [3.63, 3.8) is 0 Å². The minimum absolute atomic E-state index is 0.517. The van der Waals surface area contributed by atoms with Crippen molar-refractivity contribution < 1.29 is 14.2 Å². The molecule has 0 aromatic heterocycles. The molecule has 0 heterocycles. The molecule has 25 heavy (non-hydrogen) atoms. The molecule has 2 aromatic carbocycles. The molecule has 0 N–H and O–H groups in total. The minimum atomic E-state index is -0.517. The van der Waals surface area contributed by atoms with Gasteiger partial charge < -0.3 is 14.2 Å². The molecule has 0 fully saturated rings. The van der Waals surface area contributed by atoms with Crippen molar-refractivity contribution in [2.45, 2.75) is 26.4 Å². The summed E-state index contributed by atoms with van der Waals surface area (Å²) in [4.78, 5) is 0. The summed E-state index contributed by atoms with van der Waals surface area (Å²) in [7, 11) is 0. The van der Waals surface area contributed by atoms with Crippen LogP contribution in [0.1, 0.15) is 13.8 Å². The van der Waals surface area contributed by atoms with Gasteiger partial charge in [0.05, 0.1) is 17.9 Å². The van der Waals surface area contributed by atoms with Crippen molar-refractivity contribution in [3.05, 3.63) is 51.1 Å². The molecule has 9 heteroatoms. The molecular formula is C16H12Br6O3. The Bertz CT molecular complexity index is 658. The van der Waals surface area contributed by atoms with Crippen LogP contribution in [0.5, 0.6) is 11.5 Å². The Balaban J connectivity index is 2.03. The molecule has 0 radical (unpaired) electrons. The van der Waals surface area contributed by atoms with Crippen LogP contribution in [-0.4, -0.2) is 12.6 Å².